The molecule has 18 heavy (non-hydrogen) atoms. The van der Waals surface area contributed by atoms with Crippen molar-refractivity contribution in [2.24, 2.45) is 0 Å². The number of hydrogen-bond donors (Lipinski definition) is 0. The van der Waals surface area contributed by atoms with Crippen LogP contribution in [0.1, 0.15) is 25.7 Å². The largest absolute Gasteiger partial charge is 0.418 e. The van der Waals surface area contributed by atoms with Crippen LogP contribution in [0.2, 0.25) is 19.6 Å². The predicted molar refractivity (Wildman–Crippen MR) is 81.2 cm³/mol. The van der Waals surface area contributed by atoms with E-state index in [-0.39, 0.29) is 0 Å². The third-order valence-corrected chi connectivity index (χ3v) is 4.35. The van der Waals surface area contributed by atoms with Crippen LogP contribution in [0.15, 0.2) is 47.1 Å². The van der Waals surface area contributed by atoms with E-state index < -0.39 is 8.32 Å². The van der Waals surface area contributed by atoms with Gasteiger partial charge in [-0.15, -0.1) is 0 Å². The number of allylic oxidation sites excluding steroid dienone is 8. The summed E-state index contributed by atoms with van der Waals surface area (Å²) in [5, 5.41) is 0. The molecule has 0 amide bonds. The van der Waals surface area contributed by atoms with Crippen molar-refractivity contribution in [2.75, 3.05) is 6.61 Å². The molecule has 0 aromatic carbocycles. The number of rotatable bonds is 6. The van der Waals surface area contributed by atoms with Crippen LogP contribution in [0.25, 0.3) is 0 Å². The predicted octanol–water partition coefficient (Wildman–Crippen LogP) is 4.76. The summed E-state index contributed by atoms with van der Waals surface area (Å²) >= 11 is 0. The summed E-state index contributed by atoms with van der Waals surface area (Å²) in [6.07, 6.45) is 15.9. The van der Waals surface area contributed by atoms with Gasteiger partial charge in [0.1, 0.15) is 0 Å². The zero-order valence-electron chi connectivity index (χ0n) is 11.8. The third kappa shape index (κ3) is 3.82. The molecule has 0 atom stereocenters. The first kappa shape index (κ1) is 13.6. The fraction of sp³-hybridized carbons (Fsp3) is 0.500. The van der Waals surface area contributed by atoms with Crippen molar-refractivity contribution in [3.05, 3.63) is 47.1 Å². The second-order valence-electron chi connectivity index (χ2n) is 5.97. The third-order valence-electron chi connectivity index (χ3n) is 3.27. The second kappa shape index (κ2) is 5.85. The Morgan fingerprint density at radius 2 is 2.06 bits per heavy atom. The first-order chi connectivity index (χ1) is 8.56. The van der Waals surface area contributed by atoms with Crippen molar-refractivity contribution in [1.82, 2.24) is 0 Å². The van der Waals surface area contributed by atoms with Crippen molar-refractivity contribution in [3.8, 4) is 0 Å². The Morgan fingerprint density at radius 1 is 1.22 bits per heavy atom. The standard InChI is InChI=1S/C16H24OSi/c1-18(2,3)17-13-7-11-15-10-6-12-16(15)14-8-4-5-9-14/h4-5,8,10,12H,6-7,9,11,13H2,1-3H3. The lowest BCUT2D eigenvalue weighted by Crippen LogP contribution is -2.25. The average Bonchev–Trinajstić information content (AvgIpc) is 2.93. The molecule has 2 aliphatic rings. The minimum absolute atomic E-state index is 0.914. The molecular formula is C16H24OSi. The van der Waals surface area contributed by atoms with Gasteiger partial charge in [-0.1, -0.05) is 30.4 Å². The molecule has 0 heterocycles. The number of hydrogen-bond acceptors (Lipinski definition) is 1. The van der Waals surface area contributed by atoms with Crippen LogP contribution in [-0.4, -0.2) is 14.9 Å². The fourth-order valence-electron chi connectivity index (χ4n) is 2.42. The molecule has 0 unspecified atom stereocenters. The van der Waals surface area contributed by atoms with Gasteiger partial charge >= 0.3 is 0 Å². The van der Waals surface area contributed by atoms with E-state index in [1.807, 2.05) is 0 Å². The quantitative estimate of drug-likeness (QED) is 0.494. The van der Waals surface area contributed by atoms with E-state index in [1.54, 1.807) is 0 Å². The van der Waals surface area contributed by atoms with Crippen LogP contribution in [-0.2, 0) is 4.43 Å². The molecule has 0 N–H and O–H groups in total. The van der Waals surface area contributed by atoms with Gasteiger partial charge in [0.2, 0.25) is 0 Å². The van der Waals surface area contributed by atoms with Crippen molar-refractivity contribution < 1.29 is 4.43 Å². The van der Waals surface area contributed by atoms with E-state index in [4.69, 9.17) is 4.43 Å². The minimum Gasteiger partial charge on any atom is -0.418 e. The molecule has 0 saturated carbocycles. The summed E-state index contributed by atoms with van der Waals surface area (Å²) in [5.74, 6) is 0. The molecule has 2 heteroatoms. The van der Waals surface area contributed by atoms with Gasteiger partial charge in [0.25, 0.3) is 0 Å². The molecule has 0 aromatic heterocycles. The Morgan fingerprint density at radius 3 is 2.72 bits per heavy atom. The summed E-state index contributed by atoms with van der Waals surface area (Å²) in [5.41, 5.74) is 4.52. The maximum Gasteiger partial charge on any atom is 0.183 e. The molecule has 0 saturated heterocycles. The topological polar surface area (TPSA) is 9.23 Å². The zero-order chi connectivity index (χ0) is 13.0. The lowest BCUT2D eigenvalue weighted by Gasteiger charge is -2.17. The summed E-state index contributed by atoms with van der Waals surface area (Å²) in [4.78, 5) is 0. The molecule has 0 bridgehead atoms. The van der Waals surface area contributed by atoms with Crippen molar-refractivity contribution in [3.63, 3.8) is 0 Å². The SMILES string of the molecule is C[Si](C)(C)OCCCC1=CCC=C1C1=CC=CC1. The second-order valence-corrected chi connectivity index (χ2v) is 10.5. The zero-order valence-corrected chi connectivity index (χ0v) is 12.8. The Balaban J connectivity index is 1.78. The summed E-state index contributed by atoms with van der Waals surface area (Å²) in [6.45, 7) is 7.67. The van der Waals surface area contributed by atoms with Crippen LogP contribution >= 0.6 is 0 Å². The smallest absolute Gasteiger partial charge is 0.183 e. The normalized spacial score (nSPS) is 18.9. The lowest BCUT2D eigenvalue weighted by molar-refractivity contribution is 0.305. The van der Waals surface area contributed by atoms with E-state index in [2.05, 4.69) is 50.0 Å². The van der Waals surface area contributed by atoms with Gasteiger partial charge in [-0.3, -0.25) is 0 Å². The minimum atomic E-state index is -1.33. The molecule has 1 nitrogen and oxygen atoms in total. The first-order valence-corrected chi connectivity index (χ1v) is 10.4. The molecule has 0 spiro atoms. The van der Waals surface area contributed by atoms with Gasteiger partial charge in [0.15, 0.2) is 8.32 Å². The first-order valence-electron chi connectivity index (χ1n) is 6.96. The molecule has 2 rings (SSSR count). The van der Waals surface area contributed by atoms with Gasteiger partial charge in [0, 0.05) is 6.61 Å². The highest BCUT2D eigenvalue weighted by Gasteiger charge is 2.16. The van der Waals surface area contributed by atoms with Crippen LogP contribution in [0, 0.1) is 0 Å². The summed E-state index contributed by atoms with van der Waals surface area (Å²) in [7, 11) is -1.33. The van der Waals surface area contributed by atoms with Crippen molar-refractivity contribution in [2.45, 2.75) is 45.3 Å². The monoisotopic (exact) mass is 260 g/mol. The van der Waals surface area contributed by atoms with Gasteiger partial charge in [-0.05, 0) is 62.0 Å². The van der Waals surface area contributed by atoms with Gasteiger partial charge in [-0.25, -0.2) is 0 Å². The van der Waals surface area contributed by atoms with E-state index >= 15 is 0 Å². The van der Waals surface area contributed by atoms with Crippen molar-refractivity contribution in [1.29, 1.82) is 0 Å². The molecule has 0 aromatic rings. The highest BCUT2D eigenvalue weighted by molar-refractivity contribution is 6.69. The molecule has 2 aliphatic carbocycles. The summed E-state index contributed by atoms with van der Waals surface area (Å²) < 4.78 is 5.92. The van der Waals surface area contributed by atoms with Gasteiger partial charge in [0.05, 0.1) is 0 Å². The highest BCUT2D eigenvalue weighted by atomic mass is 28.4. The fourth-order valence-corrected chi connectivity index (χ4v) is 3.18. The Hall–Kier alpha value is -0.863. The van der Waals surface area contributed by atoms with Gasteiger partial charge in [-0.2, -0.15) is 0 Å². The maximum atomic E-state index is 5.92. The highest BCUT2D eigenvalue weighted by Crippen LogP contribution is 2.33. The molecule has 0 radical (unpaired) electrons. The molecule has 98 valence electrons. The Kier molecular flexibility index (Phi) is 4.41. The van der Waals surface area contributed by atoms with Crippen LogP contribution in [0.4, 0.5) is 0 Å². The van der Waals surface area contributed by atoms with Crippen LogP contribution in [0.3, 0.4) is 0 Å². The van der Waals surface area contributed by atoms with E-state index in [9.17, 15) is 0 Å². The van der Waals surface area contributed by atoms with Crippen LogP contribution < -0.4 is 0 Å². The average molecular weight is 260 g/mol. The molecular weight excluding hydrogens is 236 g/mol. The maximum absolute atomic E-state index is 5.92. The molecule has 0 fully saturated rings. The van der Waals surface area contributed by atoms with Crippen molar-refractivity contribution >= 4 is 8.32 Å². The van der Waals surface area contributed by atoms with Gasteiger partial charge < -0.3 is 4.43 Å². The molecule has 0 aliphatic heterocycles. The van der Waals surface area contributed by atoms with E-state index in [1.165, 1.54) is 16.7 Å². The Bertz CT molecular complexity index is 419. The van der Waals surface area contributed by atoms with E-state index in [0.717, 1.165) is 32.3 Å². The summed E-state index contributed by atoms with van der Waals surface area (Å²) in [6, 6.07) is 0. The van der Waals surface area contributed by atoms with Crippen LogP contribution in [0.5, 0.6) is 0 Å². The lowest BCUT2D eigenvalue weighted by atomic mass is 9.97. The van der Waals surface area contributed by atoms with E-state index in [0.29, 0.717) is 0 Å². The Labute approximate surface area is 112 Å².